The lowest BCUT2D eigenvalue weighted by Crippen LogP contribution is -2.49. The summed E-state index contributed by atoms with van der Waals surface area (Å²) in [4.78, 5) is 2.70. The van der Waals surface area contributed by atoms with Gasteiger partial charge in [0.15, 0.2) is 0 Å². The molecule has 1 aromatic rings. The van der Waals surface area contributed by atoms with E-state index in [4.69, 9.17) is 0 Å². The van der Waals surface area contributed by atoms with Crippen molar-refractivity contribution in [3.05, 3.63) is 35.9 Å². The molecular formula is C14H20ClN. The van der Waals surface area contributed by atoms with Gasteiger partial charge in [0.2, 0.25) is 0 Å². The molecule has 4 rings (SSSR count). The molecule has 3 saturated heterocycles. The van der Waals surface area contributed by atoms with Crippen molar-refractivity contribution in [2.45, 2.75) is 31.7 Å². The van der Waals surface area contributed by atoms with Gasteiger partial charge in [0.05, 0.1) is 0 Å². The van der Waals surface area contributed by atoms with Crippen molar-refractivity contribution >= 4 is 12.4 Å². The Morgan fingerprint density at radius 2 is 1.75 bits per heavy atom. The molecule has 3 aliphatic rings. The third-order valence-electron chi connectivity index (χ3n) is 4.09. The first-order valence-electron chi connectivity index (χ1n) is 6.20. The fourth-order valence-electron chi connectivity index (χ4n) is 3.19. The van der Waals surface area contributed by atoms with Gasteiger partial charge in [-0.15, -0.1) is 12.4 Å². The average Bonchev–Trinajstić information content (AvgIpc) is 2.32. The van der Waals surface area contributed by atoms with Crippen LogP contribution in [0.5, 0.6) is 0 Å². The summed E-state index contributed by atoms with van der Waals surface area (Å²) in [5, 5.41) is 0. The summed E-state index contributed by atoms with van der Waals surface area (Å²) in [6.45, 7) is 2.70. The van der Waals surface area contributed by atoms with E-state index in [1.54, 1.807) is 0 Å². The van der Waals surface area contributed by atoms with Gasteiger partial charge in [0, 0.05) is 6.04 Å². The van der Waals surface area contributed by atoms with Crippen molar-refractivity contribution in [1.82, 2.24) is 4.90 Å². The Labute approximate surface area is 104 Å². The Bertz CT molecular complexity index is 317. The third-order valence-corrected chi connectivity index (χ3v) is 4.09. The van der Waals surface area contributed by atoms with Crippen LogP contribution in [-0.4, -0.2) is 24.0 Å². The molecule has 0 spiro atoms. The highest BCUT2D eigenvalue weighted by Crippen LogP contribution is 2.33. The molecule has 3 aliphatic heterocycles. The second kappa shape index (κ2) is 5.20. The maximum atomic E-state index is 2.70. The highest BCUT2D eigenvalue weighted by atomic mass is 35.5. The van der Waals surface area contributed by atoms with Crippen molar-refractivity contribution in [3.8, 4) is 0 Å². The molecule has 0 saturated carbocycles. The SMILES string of the molecule is Cl.c1ccc(CC2CC3CCN2CC3)cc1. The van der Waals surface area contributed by atoms with Gasteiger partial charge in [0.1, 0.15) is 0 Å². The molecule has 0 aliphatic carbocycles. The molecule has 0 N–H and O–H groups in total. The summed E-state index contributed by atoms with van der Waals surface area (Å²) in [5.74, 6) is 1.03. The minimum atomic E-state index is 0. The minimum Gasteiger partial charge on any atom is -0.300 e. The lowest BCUT2D eigenvalue weighted by Gasteiger charge is -2.45. The average molecular weight is 238 g/mol. The van der Waals surface area contributed by atoms with Gasteiger partial charge in [-0.05, 0) is 50.3 Å². The van der Waals surface area contributed by atoms with Crippen molar-refractivity contribution in [2.75, 3.05) is 13.1 Å². The van der Waals surface area contributed by atoms with Crippen LogP contribution in [0.15, 0.2) is 30.3 Å². The van der Waals surface area contributed by atoms with Gasteiger partial charge in [-0.25, -0.2) is 0 Å². The molecule has 3 heterocycles. The van der Waals surface area contributed by atoms with Gasteiger partial charge in [-0.1, -0.05) is 30.3 Å². The van der Waals surface area contributed by atoms with E-state index in [-0.39, 0.29) is 12.4 Å². The van der Waals surface area contributed by atoms with Crippen LogP contribution in [0.2, 0.25) is 0 Å². The van der Waals surface area contributed by atoms with Crippen molar-refractivity contribution < 1.29 is 0 Å². The fraction of sp³-hybridized carbons (Fsp3) is 0.571. The summed E-state index contributed by atoms with van der Waals surface area (Å²) in [7, 11) is 0. The van der Waals surface area contributed by atoms with E-state index in [2.05, 4.69) is 35.2 Å². The zero-order valence-electron chi connectivity index (χ0n) is 9.64. The normalized spacial score (nSPS) is 32.1. The smallest absolute Gasteiger partial charge is 0.0138 e. The van der Waals surface area contributed by atoms with Crippen LogP contribution in [0.4, 0.5) is 0 Å². The maximum Gasteiger partial charge on any atom is 0.0138 e. The largest absolute Gasteiger partial charge is 0.300 e. The van der Waals surface area contributed by atoms with Crippen LogP contribution in [0.25, 0.3) is 0 Å². The first-order chi connectivity index (χ1) is 7.42. The second-order valence-electron chi connectivity index (χ2n) is 5.06. The Morgan fingerprint density at radius 1 is 1.06 bits per heavy atom. The molecule has 1 aromatic carbocycles. The molecule has 16 heavy (non-hydrogen) atoms. The van der Waals surface area contributed by atoms with E-state index in [0.29, 0.717) is 0 Å². The zero-order valence-corrected chi connectivity index (χ0v) is 10.5. The lowest BCUT2D eigenvalue weighted by molar-refractivity contribution is 0.0498. The van der Waals surface area contributed by atoms with Crippen molar-refractivity contribution in [2.24, 2.45) is 5.92 Å². The number of benzene rings is 1. The van der Waals surface area contributed by atoms with E-state index in [1.807, 2.05) is 0 Å². The number of halogens is 1. The number of nitrogens with zero attached hydrogens (tertiary/aromatic N) is 1. The van der Waals surface area contributed by atoms with Crippen LogP contribution in [-0.2, 0) is 6.42 Å². The predicted octanol–water partition coefficient (Wildman–Crippen LogP) is 3.14. The molecule has 1 nitrogen and oxygen atoms in total. The summed E-state index contributed by atoms with van der Waals surface area (Å²) >= 11 is 0. The summed E-state index contributed by atoms with van der Waals surface area (Å²) in [5.41, 5.74) is 1.51. The molecule has 3 fully saturated rings. The highest BCUT2D eigenvalue weighted by molar-refractivity contribution is 5.85. The summed E-state index contributed by atoms with van der Waals surface area (Å²) < 4.78 is 0. The number of rotatable bonds is 2. The van der Waals surface area contributed by atoms with Gasteiger partial charge < -0.3 is 4.90 Å². The lowest BCUT2D eigenvalue weighted by atomic mass is 9.81. The molecule has 1 atom stereocenters. The van der Waals surface area contributed by atoms with Gasteiger partial charge >= 0.3 is 0 Å². The molecule has 2 bridgehead atoms. The monoisotopic (exact) mass is 237 g/mol. The first-order valence-corrected chi connectivity index (χ1v) is 6.20. The first kappa shape index (κ1) is 11.9. The Morgan fingerprint density at radius 3 is 2.31 bits per heavy atom. The second-order valence-corrected chi connectivity index (χ2v) is 5.06. The summed E-state index contributed by atoms with van der Waals surface area (Å²) in [6, 6.07) is 11.8. The number of fused-ring (bicyclic) bond motifs is 3. The zero-order chi connectivity index (χ0) is 10.1. The van der Waals surface area contributed by atoms with Crippen LogP contribution < -0.4 is 0 Å². The molecule has 0 aromatic heterocycles. The number of hydrogen-bond donors (Lipinski definition) is 0. The predicted molar refractivity (Wildman–Crippen MR) is 70.1 cm³/mol. The standard InChI is InChI=1S/C14H19N.ClH/c1-2-4-12(5-3-1)10-14-11-13-6-8-15(14)9-7-13;/h1-5,13-14H,6-11H2;1H. The molecule has 2 heteroatoms. The molecule has 88 valence electrons. The van der Waals surface area contributed by atoms with E-state index < -0.39 is 0 Å². The Hall–Kier alpha value is -0.530. The molecule has 0 radical (unpaired) electrons. The number of hydrogen-bond acceptors (Lipinski definition) is 1. The van der Waals surface area contributed by atoms with E-state index in [1.165, 1.54) is 44.3 Å². The topological polar surface area (TPSA) is 3.24 Å². The fourth-order valence-corrected chi connectivity index (χ4v) is 3.19. The third kappa shape index (κ3) is 2.41. The molecule has 0 amide bonds. The maximum absolute atomic E-state index is 2.70. The van der Waals surface area contributed by atoms with Crippen LogP contribution in [0.1, 0.15) is 24.8 Å². The van der Waals surface area contributed by atoms with Crippen LogP contribution in [0, 0.1) is 5.92 Å². The Balaban J connectivity index is 0.000000963. The van der Waals surface area contributed by atoms with E-state index in [0.717, 1.165) is 12.0 Å². The quantitative estimate of drug-likeness (QED) is 0.764. The van der Waals surface area contributed by atoms with E-state index >= 15 is 0 Å². The van der Waals surface area contributed by atoms with Crippen molar-refractivity contribution in [3.63, 3.8) is 0 Å². The van der Waals surface area contributed by atoms with Crippen molar-refractivity contribution in [1.29, 1.82) is 0 Å². The van der Waals surface area contributed by atoms with Gasteiger partial charge in [0.25, 0.3) is 0 Å². The minimum absolute atomic E-state index is 0. The van der Waals surface area contributed by atoms with Crippen LogP contribution in [0.3, 0.4) is 0 Å². The highest BCUT2D eigenvalue weighted by Gasteiger charge is 2.33. The summed E-state index contributed by atoms with van der Waals surface area (Å²) in [6.07, 6.45) is 5.60. The van der Waals surface area contributed by atoms with Gasteiger partial charge in [-0.3, -0.25) is 0 Å². The Kier molecular flexibility index (Phi) is 3.88. The van der Waals surface area contributed by atoms with E-state index in [9.17, 15) is 0 Å². The molecular weight excluding hydrogens is 218 g/mol. The van der Waals surface area contributed by atoms with Crippen LogP contribution >= 0.6 is 12.4 Å². The molecule has 1 unspecified atom stereocenters. The van der Waals surface area contributed by atoms with Gasteiger partial charge in [-0.2, -0.15) is 0 Å². The number of piperidine rings is 3.